The third kappa shape index (κ3) is 4.06. The van der Waals surface area contributed by atoms with Crippen LogP contribution in [0.2, 0.25) is 5.28 Å². The van der Waals surface area contributed by atoms with Crippen molar-refractivity contribution in [2.75, 3.05) is 19.0 Å². The molecule has 2 aromatic rings. The number of nitrogens with zero attached hydrogens (tertiary/aromatic N) is 3. The van der Waals surface area contributed by atoms with Gasteiger partial charge in [0.05, 0.1) is 7.11 Å². The highest BCUT2D eigenvalue weighted by molar-refractivity contribution is 6.28. The van der Waals surface area contributed by atoms with Crippen LogP contribution >= 0.6 is 11.6 Å². The lowest BCUT2D eigenvalue weighted by Crippen LogP contribution is -2.09. The molecule has 1 aromatic heterocycles. The van der Waals surface area contributed by atoms with Crippen molar-refractivity contribution in [3.05, 3.63) is 40.7 Å². The van der Waals surface area contributed by atoms with E-state index in [0.29, 0.717) is 12.5 Å². The molecule has 0 aliphatic heterocycles. The van der Waals surface area contributed by atoms with Crippen molar-refractivity contribution in [1.29, 1.82) is 0 Å². The Morgan fingerprint density at radius 1 is 1.26 bits per heavy atom. The number of halogens is 1. The van der Waals surface area contributed by atoms with Crippen LogP contribution in [0.4, 0.5) is 5.95 Å². The second kappa shape index (κ2) is 6.33. The molecular weight excluding hydrogens is 264 g/mol. The molecule has 1 aromatic carbocycles. The lowest BCUT2D eigenvalue weighted by Gasteiger charge is -2.06. The largest absolute Gasteiger partial charge is 0.467 e. The van der Waals surface area contributed by atoms with Gasteiger partial charge in [0.25, 0.3) is 0 Å². The lowest BCUT2D eigenvalue weighted by molar-refractivity contribution is 0.379. The molecule has 0 saturated heterocycles. The first-order valence-corrected chi connectivity index (χ1v) is 6.30. The molecule has 19 heavy (non-hydrogen) atoms. The summed E-state index contributed by atoms with van der Waals surface area (Å²) in [6.07, 6.45) is 0.882. The van der Waals surface area contributed by atoms with Gasteiger partial charge in [0, 0.05) is 6.54 Å². The topological polar surface area (TPSA) is 59.9 Å². The van der Waals surface area contributed by atoms with Gasteiger partial charge in [0.15, 0.2) is 0 Å². The highest BCUT2D eigenvalue weighted by Gasteiger charge is 2.04. The summed E-state index contributed by atoms with van der Waals surface area (Å²) in [4.78, 5) is 11.9. The summed E-state index contributed by atoms with van der Waals surface area (Å²) < 4.78 is 4.93. The molecule has 0 spiro atoms. The van der Waals surface area contributed by atoms with Crippen molar-refractivity contribution in [3.63, 3.8) is 0 Å². The van der Waals surface area contributed by atoms with Crippen LogP contribution in [0.5, 0.6) is 6.01 Å². The van der Waals surface area contributed by atoms with Crippen LogP contribution in [0, 0.1) is 6.92 Å². The van der Waals surface area contributed by atoms with Gasteiger partial charge in [-0.2, -0.15) is 15.0 Å². The molecule has 6 heteroatoms. The average Bonchev–Trinajstić information content (AvgIpc) is 2.38. The number of anilines is 1. The molecule has 0 radical (unpaired) electrons. The molecule has 0 saturated carbocycles. The minimum Gasteiger partial charge on any atom is -0.467 e. The minimum atomic E-state index is 0.116. The van der Waals surface area contributed by atoms with E-state index in [1.165, 1.54) is 18.2 Å². The van der Waals surface area contributed by atoms with Gasteiger partial charge in [-0.15, -0.1) is 0 Å². The molecule has 0 aliphatic rings. The Balaban J connectivity index is 1.94. The SMILES string of the molecule is COc1nc(Cl)nc(NCCc2cccc(C)c2)n1. The van der Waals surface area contributed by atoms with Crippen LogP contribution in [0.15, 0.2) is 24.3 Å². The van der Waals surface area contributed by atoms with Gasteiger partial charge in [-0.25, -0.2) is 0 Å². The van der Waals surface area contributed by atoms with Gasteiger partial charge < -0.3 is 10.1 Å². The number of hydrogen-bond acceptors (Lipinski definition) is 5. The van der Waals surface area contributed by atoms with Crippen LogP contribution in [0.1, 0.15) is 11.1 Å². The van der Waals surface area contributed by atoms with E-state index in [1.807, 2.05) is 6.07 Å². The number of aromatic nitrogens is 3. The van der Waals surface area contributed by atoms with Crippen molar-refractivity contribution in [1.82, 2.24) is 15.0 Å². The second-order valence-corrected chi connectivity index (χ2v) is 4.42. The summed E-state index contributed by atoms with van der Waals surface area (Å²) in [7, 11) is 1.49. The zero-order valence-corrected chi connectivity index (χ0v) is 11.6. The Morgan fingerprint density at radius 2 is 2.11 bits per heavy atom. The van der Waals surface area contributed by atoms with Crippen LogP contribution in [0.25, 0.3) is 0 Å². The molecule has 1 N–H and O–H groups in total. The summed E-state index contributed by atoms with van der Waals surface area (Å²) in [5.41, 5.74) is 2.52. The number of aryl methyl sites for hydroxylation is 1. The van der Waals surface area contributed by atoms with E-state index in [4.69, 9.17) is 16.3 Å². The third-order valence-electron chi connectivity index (χ3n) is 2.55. The van der Waals surface area contributed by atoms with E-state index in [9.17, 15) is 0 Å². The first kappa shape index (κ1) is 13.5. The predicted octanol–water partition coefficient (Wildman–Crippen LogP) is 2.50. The maximum atomic E-state index is 5.76. The maximum absolute atomic E-state index is 5.76. The van der Waals surface area contributed by atoms with Gasteiger partial charge in [-0.1, -0.05) is 29.8 Å². The van der Waals surface area contributed by atoms with E-state index in [-0.39, 0.29) is 11.3 Å². The molecule has 1 heterocycles. The van der Waals surface area contributed by atoms with Crippen molar-refractivity contribution >= 4 is 17.5 Å². The molecule has 5 nitrogen and oxygen atoms in total. The lowest BCUT2D eigenvalue weighted by atomic mass is 10.1. The van der Waals surface area contributed by atoms with Crippen LogP contribution < -0.4 is 10.1 Å². The fourth-order valence-corrected chi connectivity index (χ4v) is 1.84. The van der Waals surface area contributed by atoms with Gasteiger partial charge in [0.2, 0.25) is 11.2 Å². The Morgan fingerprint density at radius 3 is 2.84 bits per heavy atom. The fraction of sp³-hybridized carbons (Fsp3) is 0.308. The molecule has 0 amide bonds. The molecule has 0 fully saturated rings. The number of nitrogens with one attached hydrogen (secondary N) is 1. The smallest absolute Gasteiger partial charge is 0.322 e. The zero-order chi connectivity index (χ0) is 13.7. The van der Waals surface area contributed by atoms with E-state index >= 15 is 0 Å². The summed E-state index contributed by atoms with van der Waals surface area (Å²) in [5.74, 6) is 0.421. The molecule has 0 unspecified atom stereocenters. The van der Waals surface area contributed by atoms with Crippen LogP contribution in [-0.4, -0.2) is 28.6 Å². The molecular formula is C13H15ClN4O. The summed E-state index contributed by atoms with van der Waals surface area (Å²) in [5, 5.41) is 3.22. The van der Waals surface area contributed by atoms with E-state index in [0.717, 1.165) is 6.42 Å². The van der Waals surface area contributed by atoms with E-state index < -0.39 is 0 Å². The fourth-order valence-electron chi connectivity index (χ4n) is 1.69. The molecule has 0 bridgehead atoms. The Kier molecular flexibility index (Phi) is 4.52. The number of methoxy groups -OCH3 is 1. The normalized spacial score (nSPS) is 10.3. The predicted molar refractivity (Wildman–Crippen MR) is 74.8 cm³/mol. The minimum absolute atomic E-state index is 0.116. The van der Waals surface area contributed by atoms with Crippen molar-refractivity contribution in [2.24, 2.45) is 0 Å². The molecule has 100 valence electrons. The summed E-state index contributed by atoms with van der Waals surface area (Å²) in [6, 6.07) is 8.58. The number of ether oxygens (including phenoxy) is 1. The Hall–Kier alpha value is -1.88. The Bertz CT molecular complexity index is 562. The van der Waals surface area contributed by atoms with Gasteiger partial charge >= 0.3 is 6.01 Å². The van der Waals surface area contributed by atoms with Gasteiger partial charge in [-0.05, 0) is 30.5 Å². The standard InChI is InChI=1S/C13H15ClN4O/c1-9-4-3-5-10(8-9)6-7-15-12-16-11(14)17-13(18-12)19-2/h3-5,8H,6-7H2,1-2H3,(H,15,16,17,18). The van der Waals surface area contributed by atoms with Crippen molar-refractivity contribution in [2.45, 2.75) is 13.3 Å². The zero-order valence-electron chi connectivity index (χ0n) is 10.9. The highest BCUT2D eigenvalue weighted by atomic mass is 35.5. The molecule has 0 aliphatic carbocycles. The van der Waals surface area contributed by atoms with Crippen molar-refractivity contribution in [3.8, 4) is 6.01 Å². The van der Waals surface area contributed by atoms with Crippen LogP contribution in [-0.2, 0) is 6.42 Å². The summed E-state index contributed by atoms with van der Waals surface area (Å²) >= 11 is 5.76. The first-order chi connectivity index (χ1) is 9.17. The number of rotatable bonds is 5. The monoisotopic (exact) mass is 278 g/mol. The molecule has 0 atom stereocenters. The number of benzene rings is 1. The van der Waals surface area contributed by atoms with E-state index in [1.54, 1.807) is 0 Å². The molecule has 2 rings (SSSR count). The second-order valence-electron chi connectivity index (χ2n) is 4.08. The highest BCUT2D eigenvalue weighted by Crippen LogP contribution is 2.11. The maximum Gasteiger partial charge on any atom is 0.322 e. The Labute approximate surface area is 117 Å². The van der Waals surface area contributed by atoms with Gasteiger partial charge in [0.1, 0.15) is 0 Å². The average molecular weight is 279 g/mol. The number of hydrogen-bond donors (Lipinski definition) is 1. The van der Waals surface area contributed by atoms with Gasteiger partial charge in [-0.3, -0.25) is 0 Å². The quantitative estimate of drug-likeness (QED) is 0.910. The first-order valence-electron chi connectivity index (χ1n) is 5.92. The van der Waals surface area contributed by atoms with E-state index in [2.05, 4.69) is 45.4 Å². The third-order valence-corrected chi connectivity index (χ3v) is 2.72. The summed E-state index contributed by atoms with van der Waals surface area (Å²) in [6.45, 7) is 2.79. The van der Waals surface area contributed by atoms with Crippen molar-refractivity contribution < 1.29 is 4.74 Å². The van der Waals surface area contributed by atoms with Crippen LogP contribution in [0.3, 0.4) is 0 Å².